The van der Waals surface area contributed by atoms with Gasteiger partial charge in [-0.1, -0.05) is 0 Å². The van der Waals surface area contributed by atoms with Crippen molar-refractivity contribution in [2.45, 2.75) is 13.2 Å². The van der Waals surface area contributed by atoms with E-state index in [4.69, 9.17) is 0 Å². The molecule has 0 spiro atoms. The van der Waals surface area contributed by atoms with Gasteiger partial charge in [-0.25, -0.2) is 0 Å². The fraction of sp³-hybridized carbons (Fsp3) is 1.00. The van der Waals surface area contributed by atoms with Crippen molar-refractivity contribution in [2.24, 2.45) is 0 Å². The van der Waals surface area contributed by atoms with Gasteiger partial charge in [0.15, 0.2) is 0 Å². The third kappa shape index (κ3) is 1.86. The SMILES string of the molecule is CCB=O. The summed E-state index contributed by atoms with van der Waals surface area (Å²) in [5.41, 5.74) is 0. The number of hydrogen-bond donors (Lipinski definition) is 0. The Labute approximate surface area is 26.3 Å². The molecule has 0 saturated carbocycles. The molecular formula is C2H5BO. The molecule has 0 atom stereocenters. The summed E-state index contributed by atoms with van der Waals surface area (Å²) in [6.45, 7) is 1.81. The molecule has 0 rings (SSSR count). The van der Waals surface area contributed by atoms with Gasteiger partial charge in [-0.2, -0.15) is 0 Å². The fourth-order valence-electron chi connectivity index (χ4n) is 0. The molecule has 2 heteroatoms. The zero-order valence-electron chi connectivity index (χ0n) is 2.69. The minimum atomic E-state index is 0.639. The Kier molecular flexibility index (Phi) is 2.77. The standard InChI is InChI=1S/C2H5BO/c1-2-3-4/h2H2,1H3. The van der Waals surface area contributed by atoms with Crippen molar-refractivity contribution in [2.75, 3.05) is 0 Å². The molecule has 0 aromatic heterocycles. The van der Waals surface area contributed by atoms with Crippen molar-refractivity contribution in [1.29, 1.82) is 0 Å². The predicted molar refractivity (Wildman–Crippen MR) is 16.9 cm³/mol. The molecule has 1 nitrogen and oxygen atoms in total. The Morgan fingerprint density at radius 2 is 2.25 bits per heavy atom. The van der Waals surface area contributed by atoms with Crippen LogP contribution in [0.15, 0.2) is 0 Å². The number of hydrogen-bond acceptors (Lipinski definition) is 1. The second kappa shape index (κ2) is 2.86. The van der Waals surface area contributed by atoms with E-state index in [1.54, 1.807) is 0 Å². The van der Waals surface area contributed by atoms with E-state index in [0.717, 1.165) is 7.15 Å². The van der Waals surface area contributed by atoms with E-state index in [2.05, 4.69) is 0 Å². The van der Waals surface area contributed by atoms with Gasteiger partial charge in [-0.05, 0) is 0 Å². The van der Waals surface area contributed by atoms with E-state index < -0.39 is 0 Å². The van der Waals surface area contributed by atoms with Gasteiger partial charge in [-0.3, -0.25) is 0 Å². The second-order valence-corrected chi connectivity index (χ2v) is 0.575. The van der Waals surface area contributed by atoms with Gasteiger partial charge in [0.25, 0.3) is 0 Å². The van der Waals surface area contributed by atoms with E-state index in [1.807, 2.05) is 6.92 Å². The first-order valence-corrected chi connectivity index (χ1v) is 1.35. The summed E-state index contributed by atoms with van der Waals surface area (Å²) in [6.07, 6.45) is 0.639. The van der Waals surface area contributed by atoms with Crippen LogP contribution in [-0.4, -0.2) is 7.15 Å². The summed E-state index contributed by atoms with van der Waals surface area (Å²) in [6, 6.07) is 0. The Balaban J connectivity index is 2.30. The molecule has 0 saturated heterocycles. The first-order chi connectivity index (χ1) is 1.91. The van der Waals surface area contributed by atoms with Crippen LogP contribution < -0.4 is 0 Å². The normalized spacial score (nSPS) is 5.25. The molecule has 0 amide bonds. The zero-order chi connectivity index (χ0) is 3.41. The average Bonchev–Trinajstić information content (AvgIpc) is 1.37. The topological polar surface area (TPSA) is 17.1 Å². The maximum absolute atomic E-state index is 9.17. The third-order valence-corrected chi connectivity index (χ3v) is 0.167. The van der Waals surface area contributed by atoms with Gasteiger partial charge < -0.3 is 0 Å². The van der Waals surface area contributed by atoms with Gasteiger partial charge in [0, 0.05) is 0 Å². The zero-order valence-corrected chi connectivity index (χ0v) is 2.69. The van der Waals surface area contributed by atoms with Crippen LogP contribution in [0.2, 0.25) is 6.32 Å². The summed E-state index contributed by atoms with van der Waals surface area (Å²) in [5.74, 6) is 0. The van der Waals surface area contributed by atoms with Crippen LogP contribution in [-0.2, 0) is 4.70 Å². The van der Waals surface area contributed by atoms with Crippen LogP contribution in [0.4, 0.5) is 0 Å². The molecule has 0 aliphatic carbocycles. The molecule has 0 unspecified atom stereocenters. The minimum absolute atomic E-state index is 0.639. The Morgan fingerprint density at radius 1 is 2.00 bits per heavy atom. The Hall–Kier alpha value is -0.135. The molecule has 4 heavy (non-hydrogen) atoms. The molecular weight excluding hydrogens is 50.8 g/mol. The van der Waals surface area contributed by atoms with Crippen molar-refractivity contribution >= 4 is 7.15 Å². The van der Waals surface area contributed by atoms with Gasteiger partial charge in [-0.15, -0.1) is 0 Å². The quantitative estimate of drug-likeness (QED) is 0.399. The first kappa shape index (κ1) is 3.86. The van der Waals surface area contributed by atoms with Crippen LogP contribution in [0.3, 0.4) is 0 Å². The van der Waals surface area contributed by atoms with Crippen molar-refractivity contribution in [1.82, 2.24) is 0 Å². The Morgan fingerprint density at radius 3 is 2.25 bits per heavy atom. The predicted octanol–water partition coefficient (Wildman–Crippen LogP) is 0.474. The molecule has 0 aliphatic rings. The molecule has 0 bridgehead atoms. The Bertz CT molecular complexity index is 20.0. The van der Waals surface area contributed by atoms with E-state index >= 15 is 0 Å². The third-order valence-electron chi connectivity index (χ3n) is 0.167. The second-order valence-electron chi connectivity index (χ2n) is 0.575. The number of rotatable bonds is 1. The van der Waals surface area contributed by atoms with E-state index in [-0.39, 0.29) is 0 Å². The van der Waals surface area contributed by atoms with Crippen molar-refractivity contribution in [3.8, 4) is 0 Å². The molecule has 0 aliphatic heterocycles. The maximum atomic E-state index is 9.17. The monoisotopic (exact) mass is 56.0 g/mol. The summed E-state index contributed by atoms with van der Waals surface area (Å²) in [7, 11) is 0.875. The fourth-order valence-corrected chi connectivity index (χ4v) is 0. The van der Waals surface area contributed by atoms with Gasteiger partial charge in [0.1, 0.15) is 0 Å². The average molecular weight is 55.9 g/mol. The molecule has 0 heterocycles. The van der Waals surface area contributed by atoms with E-state index in [1.165, 1.54) is 0 Å². The van der Waals surface area contributed by atoms with Crippen molar-refractivity contribution in [3.63, 3.8) is 0 Å². The van der Waals surface area contributed by atoms with Crippen molar-refractivity contribution in [3.05, 3.63) is 0 Å². The summed E-state index contributed by atoms with van der Waals surface area (Å²) < 4.78 is 9.17. The van der Waals surface area contributed by atoms with Crippen LogP contribution in [0, 0.1) is 0 Å². The summed E-state index contributed by atoms with van der Waals surface area (Å²) >= 11 is 0. The van der Waals surface area contributed by atoms with E-state index in [9.17, 15) is 4.70 Å². The molecule has 22 valence electrons. The molecule has 0 aromatic carbocycles. The summed E-state index contributed by atoms with van der Waals surface area (Å²) in [4.78, 5) is 0. The van der Waals surface area contributed by atoms with Crippen LogP contribution >= 0.6 is 0 Å². The van der Waals surface area contributed by atoms with Crippen LogP contribution in [0.5, 0.6) is 0 Å². The van der Waals surface area contributed by atoms with Gasteiger partial charge in [0.05, 0.1) is 0 Å². The van der Waals surface area contributed by atoms with Crippen LogP contribution in [0.1, 0.15) is 6.92 Å². The van der Waals surface area contributed by atoms with Gasteiger partial charge >= 0.3 is 25.1 Å². The van der Waals surface area contributed by atoms with Crippen molar-refractivity contribution < 1.29 is 4.70 Å². The molecule has 0 aromatic rings. The molecule has 0 N–H and O–H groups in total. The first-order valence-electron chi connectivity index (χ1n) is 1.35. The molecule has 0 radical (unpaired) electrons. The summed E-state index contributed by atoms with van der Waals surface area (Å²) in [5, 5.41) is 0. The van der Waals surface area contributed by atoms with Crippen LogP contribution in [0.25, 0.3) is 0 Å². The van der Waals surface area contributed by atoms with Gasteiger partial charge in [0.2, 0.25) is 0 Å². The van der Waals surface area contributed by atoms with E-state index in [0.29, 0.717) is 6.32 Å². The molecule has 0 fully saturated rings.